The molecular formula is C10H14ClNO2. The van der Waals surface area contributed by atoms with Gasteiger partial charge in [-0.3, -0.25) is 0 Å². The van der Waals surface area contributed by atoms with Gasteiger partial charge in [-0.2, -0.15) is 0 Å². The van der Waals surface area contributed by atoms with Gasteiger partial charge in [0.1, 0.15) is 12.4 Å². The van der Waals surface area contributed by atoms with Crippen LogP contribution in [0.1, 0.15) is 6.92 Å². The Balaban J connectivity index is 2.45. The van der Waals surface area contributed by atoms with Crippen LogP contribution in [-0.4, -0.2) is 19.8 Å². The first-order chi connectivity index (χ1) is 6.74. The zero-order valence-corrected chi connectivity index (χ0v) is 8.88. The molecule has 1 aromatic rings. The number of ether oxygens (including phenoxy) is 2. The monoisotopic (exact) mass is 215 g/mol. The molecule has 0 atom stereocenters. The van der Waals surface area contributed by atoms with E-state index in [2.05, 4.69) is 0 Å². The Kier molecular flexibility index (Phi) is 4.56. The third-order valence-electron chi connectivity index (χ3n) is 1.64. The van der Waals surface area contributed by atoms with Crippen molar-refractivity contribution in [2.45, 2.75) is 6.92 Å². The predicted molar refractivity (Wildman–Crippen MR) is 57.9 cm³/mol. The second kappa shape index (κ2) is 5.73. The van der Waals surface area contributed by atoms with Crippen molar-refractivity contribution in [1.82, 2.24) is 0 Å². The maximum atomic E-state index is 5.89. The average Bonchev–Trinajstić information content (AvgIpc) is 2.18. The van der Waals surface area contributed by atoms with Crippen molar-refractivity contribution >= 4 is 17.3 Å². The maximum Gasteiger partial charge on any atom is 0.140 e. The summed E-state index contributed by atoms with van der Waals surface area (Å²) in [5.41, 5.74) is 6.23. The van der Waals surface area contributed by atoms with Crippen LogP contribution < -0.4 is 10.5 Å². The molecule has 0 amide bonds. The summed E-state index contributed by atoms with van der Waals surface area (Å²) in [4.78, 5) is 0. The molecule has 1 aromatic carbocycles. The highest BCUT2D eigenvalue weighted by Crippen LogP contribution is 2.26. The summed E-state index contributed by atoms with van der Waals surface area (Å²) in [5.74, 6) is 0.603. The quantitative estimate of drug-likeness (QED) is 0.606. The lowest BCUT2D eigenvalue weighted by Crippen LogP contribution is -2.06. The zero-order valence-electron chi connectivity index (χ0n) is 8.13. The third kappa shape index (κ3) is 3.44. The van der Waals surface area contributed by atoms with Gasteiger partial charge in [-0.25, -0.2) is 0 Å². The Morgan fingerprint density at radius 2 is 2.14 bits per heavy atom. The van der Waals surface area contributed by atoms with Gasteiger partial charge in [-0.05, 0) is 19.1 Å². The molecule has 0 aromatic heterocycles. The normalized spacial score (nSPS) is 10.1. The number of hydrogen-bond acceptors (Lipinski definition) is 3. The zero-order chi connectivity index (χ0) is 10.4. The molecule has 4 heteroatoms. The van der Waals surface area contributed by atoms with Gasteiger partial charge in [0.05, 0.1) is 11.6 Å². The Morgan fingerprint density at radius 3 is 2.86 bits per heavy atom. The minimum Gasteiger partial charge on any atom is -0.490 e. The summed E-state index contributed by atoms with van der Waals surface area (Å²) in [6.45, 7) is 3.67. The first-order valence-corrected chi connectivity index (χ1v) is 4.87. The minimum atomic E-state index is 0.483. The van der Waals surface area contributed by atoms with Crippen LogP contribution in [0.2, 0.25) is 5.02 Å². The van der Waals surface area contributed by atoms with Gasteiger partial charge < -0.3 is 15.2 Å². The van der Waals surface area contributed by atoms with Crippen molar-refractivity contribution in [1.29, 1.82) is 0 Å². The molecule has 0 heterocycles. The van der Waals surface area contributed by atoms with Gasteiger partial charge in [-0.15, -0.1) is 0 Å². The van der Waals surface area contributed by atoms with Crippen LogP contribution in [0, 0.1) is 0 Å². The molecule has 14 heavy (non-hydrogen) atoms. The number of anilines is 1. The second-order valence-electron chi connectivity index (χ2n) is 2.74. The predicted octanol–water partition coefficient (Wildman–Crippen LogP) is 2.34. The van der Waals surface area contributed by atoms with Crippen molar-refractivity contribution in [3.63, 3.8) is 0 Å². The van der Waals surface area contributed by atoms with Crippen molar-refractivity contribution in [3.05, 3.63) is 23.2 Å². The van der Waals surface area contributed by atoms with E-state index in [-0.39, 0.29) is 0 Å². The number of nitrogen functional groups attached to an aromatic ring is 1. The molecule has 0 aliphatic carbocycles. The average molecular weight is 216 g/mol. The molecular weight excluding hydrogens is 202 g/mol. The van der Waals surface area contributed by atoms with Crippen molar-refractivity contribution in [2.24, 2.45) is 0 Å². The first-order valence-electron chi connectivity index (χ1n) is 4.49. The van der Waals surface area contributed by atoms with E-state index in [9.17, 15) is 0 Å². The van der Waals surface area contributed by atoms with E-state index in [4.69, 9.17) is 26.8 Å². The van der Waals surface area contributed by atoms with E-state index in [0.29, 0.717) is 36.3 Å². The van der Waals surface area contributed by atoms with E-state index < -0.39 is 0 Å². The molecule has 0 unspecified atom stereocenters. The highest BCUT2D eigenvalue weighted by Gasteiger charge is 2.01. The van der Waals surface area contributed by atoms with Gasteiger partial charge in [0.15, 0.2) is 0 Å². The minimum absolute atomic E-state index is 0.483. The molecule has 0 aliphatic rings. The number of nitrogens with two attached hydrogens (primary N) is 1. The molecule has 3 nitrogen and oxygen atoms in total. The van der Waals surface area contributed by atoms with Crippen LogP contribution in [-0.2, 0) is 4.74 Å². The fourth-order valence-corrected chi connectivity index (χ4v) is 1.16. The molecule has 78 valence electrons. The van der Waals surface area contributed by atoms with Gasteiger partial charge in [0, 0.05) is 18.4 Å². The second-order valence-corrected chi connectivity index (χ2v) is 3.14. The standard InChI is InChI=1S/C10H14ClNO2/c1-2-13-5-6-14-10-7-8(12)3-4-9(10)11/h3-4,7H,2,5-6,12H2,1H3. The lowest BCUT2D eigenvalue weighted by atomic mass is 10.3. The fourth-order valence-electron chi connectivity index (χ4n) is 0.985. The first kappa shape index (κ1) is 11.1. The van der Waals surface area contributed by atoms with Gasteiger partial charge >= 0.3 is 0 Å². The van der Waals surface area contributed by atoms with Crippen LogP contribution in [0.25, 0.3) is 0 Å². The van der Waals surface area contributed by atoms with Crippen LogP contribution in [0.5, 0.6) is 5.75 Å². The summed E-state index contributed by atoms with van der Waals surface area (Å²) < 4.78 is 10.5. The van der Waals surface area contributed by atoms with E-state index >= 15 is 0 Å². The number of rotatable bonds is 5. The van der Waals surface area contributed by atoms with Crippen LogP contribution >= 0.6 is 11.6 Å². The molecule has 0 bridgehead atoms. The Hall–Kier alpha value is -0.930. The molecule has 0 fully saturated rings. The van der Waals surface area contributed by atoms with E-state index in [1.807, 2.05) is 6.92 Å². The van der Waals surface area contributed by atoms with Crippen LogP contribution in [0.4, 0.5) is 5.69 Å². The maximum absolute atomic E-state index is 5.89. The molecule has 1 rings (SSSR count). The lowest BCUT2D eigenvalue weighted by molar-refractivity contribution is 0.110. The van der Waals surface area contributed by atoms with Crippen LogP contribution in [0.15, 0.2) is 18.2 Å². The largest absolute Gasteiger partial charge is 0.490 e. The molecule has 0 radical (unpaired) electrons. The summed E-state index contributed by atoms with van der Waals surface area (Å²) in [7, 11) is 0. The Labute approximate surface area is 88.8 Å². The van der Waals surface area contributed by atoms with E-state index in [1.165, 1.54) is 0 Å². The smallest absolute Gasteiger partial charge is 0.140 e. The molecule has 0 aliphatic heterocycles. The van der Waals surface area contributed by atoms with Gasteiger partial charge in [-0.1, -0.05) is 11.6 Å². The van der Waals surface area contributed by atoms with Crippen molar-refractivity contribution in [3.8, 4) is 5.75 Å². The van der Waals surface area contributed by atoms with E-state index in [0.717, 1.165) is 0 Å². The summed E-state index contributed by atoms with van der Waals surface area (Å²) in [5, 5.41) is 0.565. The third-order valence-corrected chi connectivity index (χ3v) is 1.96. The number of hydrogen-bond donors (Lipinski definition) is 1. The van der Waals surface area contributed by atoms with Crippen molar-refractivity contribution in [2.75, 3.05) is 25.6 Å². The number of halogens is 1. The SMILES string of the molecule is CCOCCOc1cc(N)ccc1Cl. The van der Waals surface area contributed by atoms with E-state index in [1.54, 1.807) is 18.2 Å². The number of benzene rings is 1. The van der Waals surface area contributed by atoms with Gasteiger partial charge in [0.2, 0.25) is 0 Å². The Bertz CT molecular complexity index is 291. The molecule has 2 N–H and O–H groups in total. The molecule has 0 saturated heterocycles. The highest BCUT2D eigenvalue weighted by atomic mass is 35.5. The highest BCUT2D eigenvalue weighted by molar-refractivity contribution is 6.32. The molecule has 0 saturated carbocycles. The topological polar surface area (TPSA) is 44.5 Å². The Morgan fingerprint density at radius 1 is 1.36 bits per heavy atom. The summed E-state index contributed by atoms with van der Waals surface area (Å²) in [6.07, 6.45) is 0. The summed E-state index contributed by atoms with van der Waals surface area (Å²) >= 11 is 5.89. The lowest BCUT2D eigenvalue weighted by Gasteiger charge is -2.08. The van der Waals surface area contributed by atoms with Crippen LogP contribution in [0.3, 0.4) is 0 Å². The van der Waals surface area contributed by atoms with Gasteiger partial charge in [0.25, 0.3) is 0 Å². The van der Waals surface area contributed by atoms with Crippen molar-refractivity contribution < 1.29 is 9.47 Å². The summed E-state index contributed by atoms with van der Waals surface area (Å²) in [6, 6.07) is 5.15. The fraction of sp³-hybridized carbons (Fsp3) is 0.400. The molecule has 0 spiro atoms.